The van der Waals surface area contributed by atoms with Gasteiger partial charge in [-0.1, -0.05) is 6.42 Å². The average Bonchev–Trinajstić information content (AvgIpc) is 1.79. The van der Waals surface area contributed by atoms with Crippen LogP contribution in [0.4, 0.5) is 4.39 Å². The van der Waals surface area contributed by atoms with Crippen LogP contribution in [0, 0.1) is 0 Å². The maximum atomic E-state index is 12.1. The number of alkyl halides is 1. The first-order valence-electron chi connectivity index (χ1n) is 3.47. The molecule has 1 atom stereocenters. The van der Waals surface area contributed by atoms with E-state index in [4.69, 9.17) is 0 Å². The van der Waals surface area contributed by atoms with Crippen LogP contribution in [0.5, 0.6) is 0 Å². The summed E-state index contributed by atoms with van der Waals surface area (Å²) in [7, 11) is 0. The van der Waals surface area contributed by atoms with Gasteiger partial charge in [-0.05, 0) is 26.2 Å². The van der Waals surface area contributed by atoms with Gasteiger partial charge in [0, 0.05) is 5.97 Å². The predicted molar refractivity (Wildman–Crippen MR) is 34.0 cm³/mol. The van der Waals surface area contributed by atoms with E-state index < -0.39 is 12.1 Å². The van der Waals surface area contributed by atoms with Crippen molar-refractivity contribution in [2.75, 3.05) is 0 Å². The number of carbonyl (C=O) groups is 1. The molecule has 0 aliphatic heterocycles. The van der Waals surface area contributed by atoms with Gasteiger partial charge in [0.05, 0.1) is 6.17 Å². The molecule has 0 aliphatic rings. The van der Waals surface area contributed by atoms with Crippen LogP contribution in [0.1, 0.15) is 32.6 Å². The minimum Gasteiger partial charge on any atom is -0.550 e. The van der Waals surface area contributed by atoms with Crippen molar-refractivity contribution in [1.82, 2.24) is 0 Å². The van der Waals surface area contributed by atoms with E-state index in [0.29, 0.717) is 19.3 Å². The number of hydrogen-bond donors (Lipinski definition) is 0. The molecule has 0 saturated carbocycles. The number of carbonyl (C=O) groups excluding carboxylic acids is 1. The van der Waals surface area contributed by atoms with Gasteiger partial charge in [0.2, 0.25) is 0 Å². The summed E-state index contributed by atoms with van der Waals surface area (Å²) in [6, 6.07) is 0. The van der Waals surface area contributed by atoms with Gasteiger partial charge in [-0.15, -0.1) is 0 Å². The van der Waals surface area contributed by atoms with Crippen molar-refractivity contribution in [3.63, 3.8) is 0 Å². The molecular weight excluding hydrogens is 158 g/mol. The normalized spacial score (nSPS) is 11.8. The number of rotatable bonds is 5. The number of carboxylic acid groups (broad SMARTS) is 1. The minimum atomic E-state index is -1.05. The van der Waals surface area contributed by atoms with E-state index in [0.717, 1.165) is 0 Å². The van der Waals surface area contributed by atoms with Crippen molar-refractivity contribution in [2.45, 2.75) is 38.8 Å². The Labute approximate surface area is 88.5 Å². The molecule has 0 fully saturated rings. The van der Waals surface area contributed by atoms with E-state index in [1.54, 1.807) is 0 Å². The van der Waals surface area contributed by atoms with Crippen molar-refractivity contribution in [3.05, 3.63) is 0 Å². The second-order valence-corrected chi connectivity index (χ2v) is 2.40. The Morgan fingerprint density at radius 1 is 1.55 bits per heavy atom. The molecule has 2 nitrogen and oxygen atoms in total. The number of aliphatic carboxylic acids is 1. The number of unbranched alkanes of at least 4 members (excludes halogenated alkanes) is 1. The molecule has 0 heterocycles. The van der Waals surface area contributed by atoms with Gasteiger partial charge in [-0.2, -0.15) is 0 Å². The van der Waals surface area contributed by atoms with E-state index in [2.05, 4.69) is 0 Å². The van der Waals surface area contributed by atoms with Gasteiger partial charge in [0.1, 0.15) is 0 Å². The van der Waals surface area contributed by atoms with E-state index in [-0.39, 0.29) is 36.0 Å². The van der Waals surface area contributed by atoms with Crippen molar-refractivity contribution < 1.29 is 43.8 Å². The molecule has 0 aromatic rings. The van der Waals surface area contributed by atoms with E-state index in [1.165, 1.54) is 6.92 Å². The quantitative estimate of drug-likeness (QED) is 0.342. The molecule has 0 aromatic heterocycles. The Morgan fingerprint density at radius 3 is 2.45 bits per heavy atom. The molecule has 0 spiro atoms. The van der Waals surface area contributed by atoms with Crippen molar-refractivity contribution in [2.24, 2.45) is 0 Å². The molecule has 0 N–H and O–H groups in total. The Hall–Kier alpha value is 0.400. The monoisotopic (exact) mass is 170 g/mol. The van der Waals surface area contributed by atoms with Crippen LogP contribution in [-0.2, 0) is 4.79 Å². The van der Waals surface area contributed by atoms with Gasteiger partial charge in [-0.25, -0.2) is 4.39 Å². The van der Waals surface area contributed by atoms with Gasteiger partial charge < -0.3 is 9.90 Å². The largest absolute Gasteiger partial charge is 1.00 e. The first-order chi connectivity index (χ1) is 4.63. The van der Waals surface area contributed by atoms with Gasteiger partial charge in [-0.3, -0.25) is 0 Å². The summed E-state index contributed by atoms with van der Waals surface area (Å²) in [5.41, 5.74) is 0. The van der Waals surface area contributed by atoms with Crippen LogP contribution >= 0.6 is 0 Å². The maximum absolute atomic E-state index is 12.1. The third kappa shape index (κ3) is 13.4. The Bertz CT molecular complexity index is 107. The van der Waals surface area contributed by atoms with Crippen LogP contribution in [0.15, 0.2) is 0 Å². The molecule has 0 saturated heterocycles. The maximum Gasteiger partial charge on any atom is 1.00 e. The number of carboxylic acids is 1. The number of hydrogen-bond acceptors (Lipinski definition) is 2. The molecule has 0 rings (SSSR count). The van der Waals surface area contributed by atoms with Gasteiger partial charge in [0.25, 0.3) is 0 Å². The minimum absolute atomic E-state index is 0. The molecule has 0 aliphatic carbocycles. The zero-order chi connectivity index (χ0) is 7.98. The van der Waals surface area contributed by atoms with Crippen LogP contribution in [0.25, 0.3) is 0 Å². The SMILES string of the molecule is CC(F)CCCCC(=O)[O-].[Na+]. The van der Waals surface area contributed by atoms with Crippen LogP contribution in [0.2, 0.25) is 0 Å². The zero-order valence-electron chi connectivity index (χ0n) is 7.10. The summed E-state index contributed by atoms with van der Waals surface area (Å²) in [6.07, 6.45) is 0.837. The molecule has 60 valence electrons. The summed E-state index contributed by atoms with van der Waals surface area (Å²) in [5, 5.41) is 9.84. The molecule has 0 amide bonds. The van der Waals surface area contributed by atoms with Gasteiger partial charge in [0.15, 0.2) is 0 Å². The van der Waals surface area contributed by atoms with Gasteiger partial charge >= 0.3 is 29.6 Å². The summed E-state index contributed by atoms with van der Waals surface area (Å²) in [5.74, 6) is -1.05. The summed E-state index contributed by atoms with van der Waals surface area (Å²) in [6.45, 7) is 1.47. The first kappa shape index (κ1) is 14.0. The average molecular weight is 170 g/mol. The van der Waals surface area contributed by atoms with Crippen LogP contribution in [-0.4, -0.2) is 12.1 Å². The second kappa shape index (κ2) is 8.50. The molecule has 11 heavy (non-hydrogen) atoms. The van der Waals surface area contributed by atoms with E-state index in [1.807, 2.05) is 0 Å². The molecule has 1 unspecified atom stereocenters. The Balaban J connectivity index is 0. The Morgan fingerprint density at radius 2 is 2.09 bits per heavy atom. The molecular formula is C7H12FNaO2. The van der Waals surface area contributed by atoms with Crippen LogP contribution in [0.3, 0.4) is 0 Å². The van der Waals surface area contributed by atoms with E-state index >= 15 is 0 Å². The molecule has 4 heteroatoms. The molecule has 0 bridgehead atoms. The predicted octanol–water partition coefficient (Wildman–Crippen LogP) is -2.34. The molecule has 0 radical (unpaired) electrons. The second-order valence-electron chi connectivity index (χ2n) is 2.40. The fourth-order valence-corrected chi connectivity index (χ4v) is 0.695. The van der Waals surface area contributed by atoms with Crippen molar-refractivity contribution in [1.29, 1.82) is 0 Å². The standard InChI is InChI=1S/C7H13FO2.Na/c1-6(8)4-2-3-5-7(9)10;/h6H,2-5H2,1H3,(H,9,10);/q;+1/p-1. The van der Waals surface area contributed by atoms with Crippen molar-refractivity contribution in [3.8, 4) is 0 Å². The smallest absolute Gasteiger partial charge is 0.550 e. The zero-order valence-corrected chi connectivity index (χ0v) is 9.10. The van der Waals surface area contributed by atoms with Crippen LogP contribution < -0.4 is 34.7 Å². The summed E-state index contributed by atoms with van der Waals surface area (Å²) < 4.78 is 12.1. The number of halogens is 1. The summed E-state index contributed by atoms with van der Waals surface area (Å²) >= 11 is 0. The summed E-state index contributed by atoms with van der Waals surface area (Å²) in [4.78, 5) is 9.84. The first-order valence-corrected chi connectivity index (χ1v) is 3.47. The van der Waals surface area contributed by atoms with E-state index in [9.17, 15) is 14.3 Å². The molecule has 0 aromatic carbocycles. The third-order valence-electron chi connectivity index (χ3n) is 1.23. The Kier molecular flexibility index (Phi) is 10.8. The third-order valence-corrected chi connectivity index (χ3v) is 1.23. The topological polar surface area (TPSA) is 40.1 Å². The van der Waals surface area contributed by atoms with Crippen molar-refractivity contribution >= 4 is 5.97 Å². The fourth-order valence-electron chi connectivity index (χ4n) is 0.695. The fraction of sp³-hybridized carbons (Fsp3) is 0.857.